The fourth-order valence-electron chi connectivity index (χ4n) is 0.743. The third-order valence-corrected chi connectivity index (χ3v) is 1.89. The first-order valence-electron chi connectivity index (χ1n) is 3.93. The maximum Gasteiger partial charge on any atom is 0.490 e. The quantitative estimate of drug-likeness (QED) is 0.585. The predicted molar refractivity (Wildman–Crippen MR) is 41.7 cm³/mol. The van der Waals surface area contributed by atoms with Crippen molar-refractivity contribution in [3.05, 3.63) is 0 Å². The molecule has 14 heavy (non-hydrogen) atoms. The Labute approximate surface area is 78.7 Å². The molecule has 0 saturated carbocycles. The van der Waals surface area contributed by atoms with E-state index in [9.17, 15) is 13.2 Å². The van der Waals surface area contributed by atoms with Gasteiger partial charge in [0, 0.05) is 25.1 Å². The van der Waals surface area contributed by atoms with Gasteiger partial charge < -0.3 is 15.5 Å². The molecule has 0 bridgehead atoms. The lowest BCUT2D eigenvalue weighted by Gasteiger charge is -2.33. The average Bonchev–Trinajstić information content (AvgIpc) is 2.02. The smallest absolute Gasteiger partial charge is 0.475 e. The molecule has 1 heterocycles. The molecular formula is C7H12F3NO3. The van der Waals surface area contributed by atoms with Crippen molar-refractivity contribution in [2.45, 2.75) is 19.1 Å². The van der Waals surface area contributed by atoms with Crippen LogP contribution in [0.4, 0.5) is 13.2 Å². The Morgan fingerprint density at radius 2 is 2.00 bits per heavy atom. The van der Waals surface area contributed by atoms with Crippen molar-refractivity contribution in [3.8, 4) is 0 Å². The first kappa shape index (κ1) is 13.2. The van der Waals surface area contributed by atoms with Gasteiger partial charge in [-0.2, -0.15) is 13.2 Å². The third kappa shape index (κ3) is 4.43. The van der Waals surface area contributed by atoms with Crippen LogP contribution in [0, 0.1) is 5.92 Å². The van der Waals surface area contributed by atoms with Gasteiger partial charge >= 0.3 is 12.1 Å². The molecule has 3 N–H and O–H groups in total. The van der Waals surface area contributed by atoms with Gasteiger partial charge in [-0.1, -0.05) is 0 Å². The van der Waals surface area contributed by atoms with E-state index in [2.05, 4.69) is 12.2 Å². The Morgan fingerprint density at radius 1 is 1.57 bits per heavy atom. The Kier molecular flexibility index (Phi) is 4.86. The highest BCUT2D eigenvalue weighted by Crippen LogP contribution is 2.13. The summed E-state index contributed by atoms with van der Waals surface area (Å²) in [5, 5.41) is 18.8. The largest absolute Gasteiger partial charge is 0.490 e. The van der Waals surface area contributed by atoms with E-state index in [1.54, 1.807) is 0 Å². The average molecular weight is 215 g/mol. The van der Waals surface area contributed by atoms with Crippen molar-refractivity contribution in [1.82, 2.24) is 5.32 Å². The molecule has 1 rings (SSSR count). The minimum Gasteiger partial charge on any atom is -0.475 e. The highest BCUT2D eigenvalue weighted by Gasteiger charge is 2.38. The summed E-state index contributed by atoms with van der Waals surface area (Å²) in [6, 6.07) is 0.546. The molecule has 0 aromatic carbocycles. The van der Waals surface area contributed by atoms with E-state index >= 15 is 0 Å². The van der Waals surface area contributed by atoms with E-state index in [0.29, 0.717) is 18.6 Å². The van der Waals surface area contributed by atoms with Crippen LogP contribution in [-0.4, -0.2) is 41.6 Å². The fraction of sp³-hybridized carbons (Fsp3) is 0.857. The van der Waals surface area contributed by atoms with Crippen molar-refractivity contribution in [2.75, 3.05) is 13.2 Å². The molecule has 0 aromatic rings. The molecule has 0 amide bonds. The van der Waals surface area contributed by atoms with Crippen LogP contribution in [0.25, 0.3) is 0 Å². The molecule has 0 aromatic heterocycles. The van der Waals surface area contributed by atoms with Crippen LogP contribution >= 0.6 is 0 Å². The van der Waals surface area contributed by atoms with Crippen LogP contribution < -0.4 is 5.32 Å². The molecule has 84 valence electrons. The molecule has 0 aliphatic carbocycles. The lowest BCUT2D eigenvalue weighted by Crippen LogP contribution is -2.52. The molecule has 1 aliphatic rings. The minimum absolute atomic E-state index is 0.341. The van der Waals surface area contributed by atoms with E-state index in [1.807, 2.05) is 0 Å². The third-order valence-electron chi connectivity index (χ3n) is 1.89. The van der Waals surface area contributed by atoms with Crippen LogP contribution in [-0.2, 0) is 4.79 Å². The number of hydrogen-bond acceptors (Lipinski definition) is 3. The number of aliphatic hydroxyl groups excluding tert-OH is 1. The number of alkyl halides is 3. The Morgan fingerprint density at radius 3 is 2.00 bits per heavy atom. The van der Waals surface area contributed by atoms with E-state index in [-0.39, 0.29) is 0 Å². The number of rotatable bonds is 1. The lowest BCUT2D eigenvalue weighted by molar-refractivity contribution is -0.192. The molecule has 1 aliphatic heterocycles. The van der Waals surface area contributed by atoms with Gasteiger partial charge in [0.05, 0.1) is 0 Å². The predicted octanol–water partition coefficient (Wildman–Crippen LogP) is 0.220. The molecule has 1 saturated heterocycles. The van der Waals surface area contributed by atoms with Gasteiger partial charge in [-0.3, -0.25) is 0 Å². The zero-order valence-electron chi connectivity index (χ0n) is 7.51. The van der Waals surface area contributed by atoms with E-state index in [0.717, 1.165) is 6.54 Å². The second-order valence-electron chi connectivity index (χ2n) is 2.94. The van der Waals surface area contributed by atoms with Gasteiger partial charge in [0.1, 0.15) is 0 Å². The monoisotopic (exact) mass is 215 g/mol. The Balaban J connectivity index is 0.000000241. The zero-order valence-corrected chi connectivity index (χ0v) is 7.51. The summed E-state index contributed by atoms with van der Waals surface area (Å²) >= 11 is 0. The van der Waals surface area contributed by atoms with Crippen molar-refractivity contribution < 1.29 is 28.2 Å². The summed E-state index contributed by atoms with van der Waals surface area (Å²) in [5.41, 5.74) is 0. The maximum atomic E-state index is 10.6. The van der Waals surface area contributed by atoms with Gasteiger partial charge in [0.15, 0.2) is 0 Å². The molecular weight excluding hydrogens is 203 g/mol. The first-order valence-corrected chi connectivity index (χ1v) is 3.93. The van der Waals surface area contributed by atoms with Gasteiger partial charge in [0.25, 0.3) is 0 Å². The summed E-state index contributed by atoms with van der Waals surface area (Å²) in [4.78, 5) is 8.90. The number of aliphatic hydroxyl groups is 1. The number of halogens is 3. The first-order chi connectivity index (χ1) is 6.29. The SMILES string of the molecule is C[C@H]1NC[C@@H]1CO.O=C(O)C(F)(F)F. The summed E-state index contributed by atoms with van der Waals surface area (Å²) in [7, 11) is 0. The minimum atomic E-state index is -5.08. The van der Waals surface area contributed by atoms with Crippen molar-refractivity contribution in [3.63, 3.8) is 0 Å². The van der Waals surface area contributed by atoms with Crippen LogP contribution in [0.5, 0.6) is 0 Å². The normalized spacial score (nSPS) is 25.8. The Hall–Kier alpha value is -0.820. The molecule has 2 atom stereocenters. The number of carbonyl (C=O) groups is 1. The van der Waals surface area contributed by atoms with Crippen LogP contribution in [0.15, 0.2) is 0 Å². The molecule has 7 heteroatoms. The van der Waals surface area contributed by atoms with Crippen LogP contribution in [0.3, 0.4) is 0 Å². The molecule has 0 radical (unpaired) electrons. The van der Waals surface area contributed by atoms with E-state index in [1.165, 1.54) is 0 Å². The lowest BCUT2D eigenvalue weighted by atomic mass is 9.95. The number of carboxylic acids is 1. The highest BCUT2D eigenvalue weighted by atomic mass is 19.4. The number of carboxylic acid groups (broad SMARTS) is 1. The van der Waals surface area contributed by atoms with Crippen molar-refractivity contribution >= 4 is 5.97 Å². The molecule has 4 nitrogen and oxygen atoms in total. The second kappa shape index (κ2) is 5.16. The summed E-state index contributed by atoms with van der Waals surface area (Å²) in [6.45, 7) is 3.43. The fourth-order valence-corrected chi connectivity index (χ4v) is 0.743. The summed E-state index contributed by atoms with van der Waals surface area (Å²) in [5.74, 6) is -2.23. The van der Waals surface area contributed by atoms with E-state index in [4.69, 9.17) is 15.0 Å². The summed E-state index contributed by atoms with van der Waals surface area (Å²) in [6.07, 6.45) is -5.08. The molecule has 0 unspecified atom stereocenters. The molecule has 1 fully saturated rings. The molecule has 0 spiro atoms. The summed E-state index contributed by atoms with van der Waals surface area (Å²) < 4.78 is 31.7. The number of hydrogen-bond donors (Lipinski definition) is 3. The maximum absolute atomic E-state index is 10.6. The van der Waals surface area contributed by atoms with Crippen LogP contribution in [0.2, 0.25) is 0 Å². The van der Waals surface area contributed by atoms with Gasteiger partial charge in [0.2, 0.25) is 0 Å². The van der Waals surface area contributed by atoms with Gasteiger partial charge in [-0.15, -0.1) is 0 Å². The van der Waals surface area contributed by atoms with Gasteiger partial charge in [-0.05, 0) is 6.92 Å². The van der Waals surface area contributed by atoms with Gasteiger partial charge in [-0.25, -0.2) is 4.79 Å². The standard InChI is InChI=1S/C5H11NO.C2HF3O2/c1-4-5(3-7)2-6-4;3-2(4,5)1(6)7/h4-7H,2-3H2,1H3;(H,6,7)/t4-,5-;/m1./s1. The number of aliphatic carboxylic acids is 1. The number of nitrogens with one attached hydrogen (secondary N) is 1. The van der Waals surface area contributed by atoms with Crippen molar-refractivity contribution in [2.24, 2.45) is 5.92 Å². The highest BCUT2D eigenvalue weighted by molar-refractivity contribution is 5.73. The topological polar surface area (TPSA) is 69.6 Å². The Bertz CT molecular complexity index is 193. The zero-order chi connectivity index (χ0) is 11.4. The second-order valence-corrected chi connectivity index (χ2v) is 2.94. The van der Waals surface area contributed by atoms with E-state index < -0.39 is 12.1 Å². The van der Waals surface area contributed by atoms with Crippen LogP contribution in [0.1, 0.15) is 6.92 Å². The van der Waals surface area contributed by atoms with Crippen molar-refractivity contribution in [1.29, 1.82) is 0 Å².